The number of likely N-dealkylation sites (tertiary alicyclic amines) is 1. The van der Waals surface area contributed by atoms with E-state index < -0.39 is 0 Å². The Labute approximate surface area is 224 Å². The number of hydrogen-bond acceptors (Lipinski definition) is 5. The normalized spacial score (nSPS) is 29.8. The first-order valence-corrected chi connectivity index (χ1v) is 14.9. The van der Waals surface area contributed by atoms with E-state index in [1.165, 1.54) is 0 Å². The van der Waals surface area contributed by atoms with E-state index in [1.807, 2.05) is 28.6 Å². The van der Waals surface area contributed by atoms with E-state index in [0.29, 0.717) is 49.9 Å². The number of nitrogens with zero attached hydrogens (tertiary/aromatic N) is 3. The maximum atomic E-state index is 13.6. The number of rotatable bonds is 2. The molecule has 0 saturated carbocycles. The van der Waals surface area contributed by atoms with Crippen LogP contribution >= 0.6 is 11.3 Å². The Morgan fingerprint density at radius 1 is 1.14 bits per heavy atom. The van der Waals surface area contributed by atoms with Gasteiger partial charge in [0, 0.05) is 50.1 Å². The standard InChI is InChI=1S/C29H40N4O3S/c1-18(2)23-9-7-19(3)11-28(35)33-15-20-12-22(25(33)5-4-6-27(34)31-23)16-32(14-20)29(36)21-8-10-24-26(13-21)37-17-30-24/h8,10,13,17-20,22-23,25H,4-7,9,11-12,14-16H2,1-3H3,(H,31,34)/t19-,20+,22+,23+,25+/m1/s1. The summed E-state index contributed by atoms with van der Waals surface area (Å²) in [5.74, 6) is 1.66. The Morgan fingerprint density at radius 2 is 1.97 bits per heavy atom. The molecule has 3 fully saturated rings. The molecule has 3 saturated heterocycles. The van der Waals surface area contributed by atoms with Gasteiger partial charge in [-0.1, -0.05) is 20.8 Å². The Balaban J connectivity index is 1.33. The molecule has 3 aliphatic rings. The quantitative estimate of drug-likeness (QED) is 0.617. The third-order valence-electron chi connectivity index (χ3n) is 8.70. The second-order valence-corrected chi connectivity index (χ2v) is 12.8. The summed E-state index contributed by atoms with van der Waals surface area (Å²) in [4.78, 5) is 48.3. The van der Waals surface area contributed by atoms with E-state index in [2.05, 4.69) is 36.0 Å². The summed E-state index contributed by atoms with van der Waals surface area (Å²) >= 11 is 1.55. The first-order chi connectivity index (χ1) is 17.8. The van der Waals surface area contributed by atoms with Crippen molar-refractivity contribution in [3.05, 3.63) is 29.3 Å². The minimum Gasteiger partial charge on any atom is -0.353 e. The topological polar surface area (TPSA) is 82.6 Å². The number of carbonyl (C=O) groups excluding carboxylic acids is 3. The van der Waals surface area contributed by atoms with Crippen molar-refractivity contribution in [3.63, 3.8) is 0 Å². The van der Waals surface area contributed by atoms with Gasteiger partial charge in [-0.05, 0) is 74.0 Å². The number of benzene rings is 1. The van der Waals surface area contributed by atoms with Gasteiger partial charge in [-0.2, -0.15) is 0 Å². The van der Waals surface area contributed by atoms with Crippen LogP contribution in [-0.4, -0.2) is 64.2 Å². The van der Waals surface area contributed by atoms with Crippen LogP contribution in [0.25, 0.3) is 10.2 Å². The number of thiazole rings is 1. The summed E-state index contributed by atoms with van der Waals surface area (Å²) in [6.45, 7) is 8.55. The van der Waals surface area contributed by atoms with Gasteiger partial charge < -0.3 is 15.1 Å². The highest BCUT2D eigenvalue weighted by molar-refractivity contribution is 7.16. The van der Waals surface area contributed by atoms with Gasteiger partial charge in [0.25, 0.3) is 5.91 Å². The highest BCUT2D eigenvalue weighted by Gasteiger charge is 2.43. The molecular formula is C29H40N4O3S. The molecule has 8 heteroatoms. The van der Waals surface area contributed by atoms with E-state index in [1.54, 1.807) is 11.3 Å². The van der Waals surface area contributed by atoms with Gasteiger partial charge in [-0.15, -0.1) is 11.3 Å². The molecular weight excluding hydrogens is 484 g/mol. The summed E-state index contributed by atoms with van der Waals surface area (Å²) in [5, 5.41) is 3.26. The van der Waals surface area contributed by atoms with Crippen molar-refractivity contribution in [2.45, 2.75) is 77.8 Å². The summed E-state index contributed by atoms with van der Waals surface area (Å²) in [6, 6.07) is 6.02. The predicted octanol–water partition coefficient (Wildman–Crippen LogP) is 4.72. The molecule has 0 unspecified atom stereocenters. The zero-order chi connectivity index (χ0) is 26.1. The molecule has 3 aliphatic heterocycles. The van der Waals surface area contributed by atoms with E-state index in [0.717, 1.165) is 42.3 Å². The number of piperidine rings is 2. The molecule has 7 nitrogen and oxygen atoms in total. The van der Waals surface area contributed by atoms with E-state index in [9.17, 15) is 14.4 Å². The number of amides is 3. The molecule has 4 heterocycles. The van der Waals surface area contributed by atoms with Crippen LogP contribution in [0, 0.1) is 23.7 Å². The zero-order valence-electron chi connectivity index (χ0n) is 22.3. The Bertz CT molecular complexity index is 1150. The lowest BCUT2D eigenvalue weighted by molar-refractivity contribution is -0.141. The molecule has 1 aromatic heterocycles. The van der Waals surface area contributed by atoms with Crippen molar-refractivity contribution in [1.82, 2.24) is 20.1 Å². The van der Waals surface area contributed by atoms with Crippen LogP contribution in [0.2, 0.25) is 0 Å². The first kappa shape index (κ1) is 26.1. The molecule has 5 rings (SSSR count). The van der Waals surface area contributed by atoms with Crippen molar-refractivity contribution >= 4 is 39.3 Å². The zero-order valence-corrected chi connectivity index (χ0v) is 23.1. The average Bonchev–Trinajstić information content (AvgIpc) is 3.34. The Hall–Kier alpha value is -2.48. The average molecular weight is 525 g/mol. The lowest BCUT2D eigenvalue weighted by Gasteiger charge is -2.51. The molecule has 37 heavy (non-hydrogen) atoms. The van der Waals surface area contributed by atoms with Crippen molar-refractivity contribution in [3.8, 4) is 0 Å². The van der Waals surface area contributed by atoms with Crippen molar-refractivity contribution in [2.75, 3.05) is 19.6 Å². The van der Waals surface area contributed by atoms with Crippen molar-refractivity contribution in [2.24, 2.45) is 23.7 Å². The molecule has 0 radical (unpaired) electrons. The molecule has 3 amide bonds. The monoisotopic (exact) mass is 524 g/mol. The third-order valence-corrected chi connectivity index (χ3v) is 9.49. The summed E-state index contributed by atoms with van der Waals surface area (Å²) < 4.78 is 1.03. The van der Waals surface area contributed by atoms with Gasteiger partial charge in [0.1, 0.15) is 0 Å². The molecule has 1 N–H and O–H groups in total. The SMILES string of the molecule is CC(C)[C@@H]1CC[C@@H](C)CC(=O)N2C[C@H]3C[C@@H](CN(C(=O)c4ccc5ncsc5c4)C3)[C@@H]2CCCC(=O)N1. The number of carbonyl (C=O) groups is 3. The number of fused-ring (bicyclic) bond motifs is 5. The van der Waals surface area contributed by atoms with Gasteiger partial charge >= 0.3 is 0 Å². The van der Waals surface area contributed by atoms with Gasteiger partial charge in [0.05, 0.1) is 15.7 Å². The van der Waals surface area contributed by atoms with Crippen LogP contribution in [0.5, 0.6) is 0 Å². The summed E-state index contributed by atoms with van der Waals surface area (Å²) in [5.41, 5.74) is 3.45. The lowest BCUT2D eigenvalue weighted by atomic mass is 9.77. The van der Waals surface area contributed by atoms with Gasteiger partial charge in [-0.25, -0.2) is 4.98 Å². The van der Waals surface area contributed by atoms with Crippen LogP contribution in [0.4, 0.5) is 0 Å². The summed E-state index contributed by atoms with van der Waals surface area (Å²) in [6.07, 6.45) is 5.52. The highest BCUT2D eigenvalue weighted by Crippen LogP contribution is 2.37. The van der Waals surface area contributed by atoms with E-state index >= 15 is 0 Å². The van der Waals surface area contributed by atoms with Crippen molar-refractivity contribution in [1.29, 1.82) is 0 Å². The number of hydrogen-bond donors (Lipinski definition) is 1. The molecule has 1 aromatic carbocycles. The van der Waals surface area contributed by atoms with Crippen LogP contribution < -0.4 is 5.32 Å². The van der Waals surface area contributed by atoms with E-state index in [4.69, 9.17) is 0 Å². The predicted molar refractivity (Wildman–Crippen MR) is 146 cm³/mol. The fraction of sp³-hybridized carbons (Fsp3) is 0.655. The van der Waals surface area contributed by atoms with Crippen LogP contribution in [0.1, 0.15) is 76.1 Å². The van der Waals surface area contributed by atoms with Gasteiger partial charge in [0.2, 0.25) is 11.8 Å². The van der Waals surface area contributed by atoms with Gasteiger partial charge in [-0.3, -0.25) is 14.4 Å². The second-order valence-electron chi connectivity index (χ2n) is 11.9. The van der Waals surface area contributed by atoms with E-state index in [-0.39, 0.29) is 41.6 Å². The molecule has 2 bridgehead atoms. The minimum atomic E-state index is 0.0714. The lowest BCUT2D eigenvalue weighted by Crippen LogP contribution is -2.60. The number of nitrogens with one attached hydrogen (secondary N) is 1. The molecule has 0 aliphatic carbocycles. The van der Waals surface area contributed by atoms with Gasteiger partial charge in [0.15, 0.2) is 0 Å². The maximum Gasteiger partial charge on any atom is 0.253 e. The molecule has 200 valence electrons. The molecule has 2 aromatic rings. The maximum absolute atomic E-state index is 13.6. The van der Waals surface area contributed by atoms with Crippen LogP contribution in [0.3, 0.4) is 0 Å². The molecule has 5 atom stereocenters. The third kappa shape index (κ3) is 5.84. The fourth-order valence-corrected chi connectivity index (χ4v) is 7.36. The van der Waals surface area contributed by atoms with Crippen LogP contribution in [0.15, 0.2) is 23.7 Å². The fourth-order valence-electron chi connectivity index (χ4n) is 6.64. The highest BCUT2D eigenvalue weighted by atomic mass is 32.1. The minimum absolute atomic E-state index is 0.0714. The number of aromatic nitrogens is 1. The molecule has 0 spiro atoms. The smallest absolute Gasteiger partial charge is 0.253 e. The summed E-state index contributed by atoms with van der Waals surface area (Å²) in [7, 11) is 0. The first-order valence-electron chi connectivity index (χ1n) is 14.0. The van der Waals surface area contributed by atoms with Crippen LogP contribution in [-0.2, 0) is 9.59 Å². The second kappa shape index (κ2) is 11.1. The Morgan fingerprint density at radius 3 is 2.78 bits per heavy atom. The van der Waals surface area contributed by atoms with Crippen molar-refractivity contribution < 1.29 is 14.4 Å². The Kier molecular flexibility index (Phi) is 7.84. The largest absolute Gasteiger partial charge is 0.353 e.